The molecule has 1 saturated carbocycles. The number of nitrogens with one attached hydrogen (secondary N) is 2. The van der Waals surface area contributed by atoms with Gasteiger partial charge >= 0.3 is 5.69 Å². The molecule has 3 aromatic rings. The SMILES string of the molecule is O=c1[nH]c(=O)n(-c2cc(Cl)c(Oc3cc(S(=O)(=O)N[C@H]4CC[C@@H]4O)c(O)cn3)c(Cl)c2)nc1C(F)F. The Morgan fingerprint density at radius 2 is 1.86 bits per heavy atom. The Bertz CT molecular complexity index is 1540. The van der Waals surface area contributed by atoms with Crippen molar-refractivity contribution in [2.75, 3.05) is 0 Å². The highest BCUT2D eigenvalue weighted by atomic mass is 35.5. The van der Waals surface area contributed by atoms with Crippen LogP contribution in [0.25, 0.3) is 5.69 Å². The van der Waals surface area contributed by atoms with Gasteiger partial charge in [0.25, 0.3) is 12.0 Å². The molecule has 192 valence electrons. The van der Waals surface area contributed by atoms with Crippen LogP contribution in [0.2, 0.25) is 10.0 Å². The number of halogens is 4. The van der Waals surface area contributed by atoms with E-state index >= 15 is 0 Å². The Kier molecular flexibility index (Phi) is 7.03. The number of aromatic nitrogens is 4. The average molecular weight is 566 g/mol. The lowest BCUT2D eigenvalue weighted by Crippen LogP contribution is -2.50. The number of aromatic hydroxyl groups is 1. The molecule has 0 spiro atoms. The number of H-pyrrole nitrogens is 1. The van der Waals surface area contributed by atoms with E-state index in [0.29, 0.717) is 17.5 Å². The zero-order chi connectivity index (χ0) is 26.4. The molecule has 0 bridgehead atoms. The second-order valence-electron chi connectivity index (χ2n) is 7.56. The summed E-state index contributed by atoms with van der Waals surface area (Å²) in [6.45, 7) is 0. The second kappa shape index (κ2) is 9.74. The number of hydrogen-bond acceptors (Lipinski definition) is 9. The summed E-state index contributed by atoms with van der Waals surface area (Å²) in [5, 5.41) is 22.5. The first-order chi connectivity index (χ1) is 16.9. The fourth-order valence-electron chi connectivity index (χ4n) is 3.17. The molecule has 17 heteroatoms. The Balaban J connectivity index is 1.67. The van der Waals surface area contributed by atoms with E-state index in [9.17, 15) is 37.0 Å². The lowest BCUT2D eigenvalue weighted by Gasteiger charge is -2.32. The minimum atomic E-state index is -4.26. The molecule has 36 heavy (non-hydrogen) atoms. The van der Waals surface area contributed by atoms with Gasteiger partial charge in [0.2, 0.25) is 15.9 Å². The van der Waals surface area contributed by atoms with Crippen LogP contribution in [0.1, 0.15) is 25.0 Å². The summed E-state index contributed by atoms with van der Waals surface area (Å²) in [7, 11) is -4.26. The van der Waals surface area contributed by atoms with Crippen LogP contribution in [-0.2, 0) is 10.0 Å². The third-order valence-electron chi connectivity index (χ3n) is 5.15. The molecular weight excluding hydrogens is 551 g/mol. The molecule has 0 aliphatic heterocycles. The standard InChI is InChI=1S/C19H15Cl2F2N5O7S/c20-8-3-7(28-19(32)25-18(31)15(26-28)17(22)23)4-9(21)16(8)35-14-5-13(12(30)6-24-14)36(33,34)27-10-1-2-11(10)29/h3-6,10-11,17,27,29-30H,1-2H2,(H,25,31,32)/t10-,11-/m0/s1. The molecule has 0 saturated heterocycles. The van der Waals surface area contributed by atoms with Crippen molar-refractivity contribution in [3.8, 4) is 23.1 Å². The third kappa shape index (κ3) is 5.05. The molecular formula is C19H15Cl2F2N5O7S. The van der Waals surface area contributed by atoms with E-state index in [4.69, 9.17) is 27.9 Å². The summed E-state index contributed by atoms with van der Waals surface area (Å²) < 4.78 is 59.5. The van der Waals surface area contributed by atoms with Crippen molar-refractivity contribution in [1.82, 2.24) is 24.5 Å². The molecule has 0 amide bonds. The van der Waals surface area contributed by atoms with Crippen molar-refractivity contribution in [3.63, 3.8) is 0 Å². The van der Waals surface area contributed by atoms with Gasteiger partial charge in [-0.3, -0.25) is 9.78 Å². The minimum Gasteiger partial charge on any atom is -0.505 e. The van der Waals surface area contributed by atoms with E-state index < -0.39 is 56.2 Å². The average Bonchev–Trinajstić information content (AvgIpc) is 2.79. The molecule has 12 nitrogen and oxygen atoms in total. The van der Waals surface area contributed by atoms with E-state index in [-0.39, 0.29) is 27.4 Å². The minimum absolute atomic E-state index is 0.189. The molecule has 2 heterocycles. The maximum Gasteiger partial charge on any atom is 0.349 e. The molecule has 2 aromatic heterocycles. The van der Waals surface area contributed by atoms with Crippen LogP contribution in [0, 0.1) is 0 Å². The number of benzene rings is 1. The number of pyridine rings is 1. The van der Waals surface area contributed by atoms with Gasteiger partial charge in [-0.25, -0.2) is 31.7 Å². The lowest BCUT2D eigenvalue weighted by atomic mass is 9.90. The molecule has 0 unspecified atom stereocenters. The summed E-state index contributed by atoms with van der Waals surface area (Å²) in [6.07, 6.45) is -2.45. The summed E-state index contributed by atoms with van der Waals surface area (Å²) in [5.74, 6) is -1.29. The number of rotatable bonds is 7. The van der Waals surface area contributed by atoms with Gasteiger partial charge in [-0.2, -0.15) is 9.78 Å². The number of ether oxygens (including phenoxy) is 1. The fraction of sp³-hybridized carbons (Fsp3) is 0.263. The predicted molar refractivity (Wildman–Crippen MR) is 121 cm³/mol. The molecule has 4 rings (SSSR count). The maximum atomic E-state index is 13.0. The van der Waals surface area contributed by atoms with Gasteiger partial charge in [-0.05, 0) is 25.0 Å². The van der Waals surface area contributed by atoms with Crippen LogP contribution < -0.4 is 20.7 Å². The van der Waals surface area contributed by atoms with E-state index in [2.05, 4.69) is 14.8 Å². The van der Waals surface area contributed by atoms with Crippen LogP contribution in [0.4, 0.5) is 8.78 Å². The van der Waals surface area contributed by atoms with Gasteiger partial charge in [0.1, 0.15) is 4.90 Å². The molecule has 4 N–H and O–H groups in total. The summed E-state index contributed by atoms with van der Waals surface area (Å²) in [6, 6.07) is 2.33. The van der Waals surface area contributed by atoms with E-state index in [1.54, 1.807) is 4.98 Å². The first kappa shape index (κ1) is 26.0. The van der Waals surface area contributed by atoms with Crippen LogP contribution in [0.15, 0.2) is 38.9 Å². The highest BCUT2D eigenvalue weighted by Gasteiger charge is 2.34. The third-order valence-corrected chi connectivity index (χ3v) is 7.23. The van der Waals surface area contributed by atoms with Crippen LogP contribution >= 0.6 is 23.2 Å². The van der Waals surface area contributed by atoms with Gasteiger partial charge in [0.15, 0.2) is 17.2 Å². The number of alkyl halides is 2. The van der Waals surface area contributed by atoms with Gasteiger partial charge < -0.3 is 14.9 Å². The smallest absolute Gasteiger partial charge is 0.349 e. The molecule has 1 aromatic carbocycles. The van der Waals surface area contributed by atoms with Crippen molar-refractivity contribution < 1.29 is 32.1 Å². The molecule has 1 aliphatic carbocycles. The number of aliphatic hydroxyl groups is 1. The zero-order valence-electron chi connectivity index (χ0n) is 17.7. The largest absolute Gasteiger partial charge is 0.505 e. The topological polar surface area (TPSA) is 176 Å². The Morgan fingerprint density at radius 3 is 2.42 bits per heavy atom. The van der Waals surface area contributed by atoms with Crippen molar-refractivity contribution >= 4 is 33.2 Å². The molecule has 1 fully saturated rings. The molecule has 1 aliphatic rings. The first-order valence-corrected chi connectivity index (χ1v) is 12.2. The van der Waals surface area contributed by atoms with Crippen LogP contribution in [0.5, 0.6) is 17.4 Å². The van der Waals surface area contributed by atoms with E-state index in [1.165, 1.54) is 0 Å². The summed E-state index contributed by atoms with van der Waals surface area (Å²) in [4.78, 5) is 28.5. The molecule has 2 atom stereocenters. The van der Waals surface area contributed by atoms with Crippen molar-refractivity contribution in [2.24, 2.45) is 0 Å². The van der Waals surface area contributed by atoms with Crippen molar-refractivity contribution in [2.45, 2.75) is 36.3 Å². The number of aromatic amines is 1. The number of nitrogens with zero attached hydrogens (tertiary/aromatic N) is 3. The predicted octanol–water partition coefficient (Wildman–Crippen LogP) is 1.86. The highest BCUT2D eigenvalue weighted by Crippen LogP contribution is 2.38. The van der Waals surface area contributed by atoms with Gasteiger partial charge in [-0.1, -0.05) is 23.2 Å². The Hall–Kier alpha value is -3.11. The highest BCUT2D eigenvalue weighted by molar-refractivity contribution is 7.89. The first-order valence-electron chi connectivity index (χ1n) is 9.95. The van der Waals surface area contributed by atoms with Gasteiger partial charge in [-0.15, -0.1) is 0 Å². The fourth-order valence-corrected chi connectivity index (χ4v) is 5.10. The normalized spacial score (nSPS) is 17.7. The van der Waals surface area contributed by atoms with Gasteiger partial charge in [0.05, 0.1) is 28.0 Å². The quantitative estimate of drug-likeness (QED) is 0.333. The van der Waals surface area contributed by atoms with Crippen LogP contribution in [0.3, 0.4) is 0 Å². The maximum absolute atomic E-state index is 13.0. The second-order valence-corrected chi connectivity index (χ2v) is 10.1. The number of aliphatic hydroxyl groups excluding tert-OH is 1. The van der Waals surface area contributed by atoms with E-state index in [0.717, 1.165) is 24.4 Å². The zero-order valence-corrected chi connectivity index (χ0v) is 20.0. The molecule has 0 radical (unpaired) electrons. The van der Waals surface area contributed by atoms with Crippen molar-refractivity contribution in [1.29, 1.82) is 0 Å². The Labute approximate surface area is 210 Å². The lowest BCUT2D eigenvalue weighted by molar-refractivity contribution is 0.0612. The monoisotopic (exact) mass is 565 g/mol. The van der Waals surface area contributed by atoms with Crippen molar-refractivity contribution in [3.05, 3.63) is 61.0 Å². The summed E-state index contributed by atoms with van der Waals surface area (Å²) in [5.41, 5.74) is -3.88. The van der Waals surface area contributed by atoms with Crippen LogP contribution in [-0.4, -0.2) is 50.5 Å². The number of hydrogen-bond donors (Lipinski definition) is 4. The number of sulfonamides is 1. The summed E-state index contributed by atoms with van der Waals surface area (Å²) >= 11 is 12.4. The van der Waals surface area contributed by atoms with E-state index in [1.807, 2.05) is 0 Å². The van der Waals surface area contributed by atoms with Gasteiger partial charge in [0, 0.05) is 12.1 Å². The Morgan fingerprint density at radius 1 is 1.19 bits per heavy atom.